The fraction of sp³-hybridized carbons (Fsp3) is 0.381. The summed E-state index contributed by atoms with van der Waals surface area (Å²) in [7, 11) is -3.33. The zero-order valence-electron chi connectivity index (χ0n) is 15.7. The monoisotopic (exact) mass is 384 g/mol. The third-order valence-electron chi connectivity index (χ3n) is 5.40. The predicted octanol–water partition coefficient (Wildman–Crippen LogP) is 4.02. The highest BCUT2D eigenvalue weighted by molar-refractivity contribution is 7.90. The third kappa shape index (κ3) is 3.86. The van der Waals surface area contributed by atoms with Crippen molar-refractivity contribution in [2.75, 3.05) is 18.8 Å². The van der Waals surface area contributed by atoms with Crippen LogP contribution in [0, 0.1) is 13.8 Å². The third-order valence-corrected chi connectivity index (χ3v) is 6.57. The van der Waals surface area contributed by atoms with Crippen LogP contribution in [0.2, 0.25) is 0 Å². The Hall–Kier alpha value is -2.34. The summed E-state index contributed by atoms with van der Waals surface area (Å²) in [5.41, 5.74) is 3.52. The van der Waals surface area contributed by atoms with Gasteiger partial charge in [0.25, 0.3) is 10.0 Å². The van der Waals surface area contributed by atoms with Gasteiger partial charge in [0.2, 0.25) is 0 Å². The molecular formula is C21H24N2O3S. The van der Waals surface area contributed by atoms with E-state index in [9.17, 15) is 8.42 Å². The second-order valence-electron chi connectivity index (χ2n) is 7.33. The van der Waals surface area contributed by atoms with Crippen LogP contribution < -0.4 is 4.74 Å². The lowest BCUT2D eigenvalue weighted by atomic mass is 9.89. The summed E-state index contributed by atoms with van der Waals surface area (Å²) in [5, 5.41) is 0. The van der Waals surface area contributed by atoms with E-state index in [1.54, 1.807) is 0 Å². The largest absolute Gasteiger partial charge is 0.457 e. The zero-order chi connectivity index (χ0) is 19.0. The lowest BCUT2D eigenvalue weighted by molar-refractivity contribution is 0.366. The first-order valence-electron chi connectivity index (χ1n) is 9.34. The molecule has 0 aromatic heterocycles. The number of sulfonamides is 1. The number of piperidine rings is 1. The topological polar surface area (TPSA) is 59.0 Å². The second kappa shape index (κ2) is 7.00. The Morgan fingerprint density at radius 2 is 1.74 bits per heavy atom. The van der Waals surface area contributed by atoms with Crippen LogP contribution in [0.15, 0.2) is 46.9 Å². The van der Waals surface area contributed by atoms with Crippen LogP contribution in [-0.4, -0.2) is 38.0 Å². The maximum atomic E-state index is 12.0. The van der Waals surface area contributed by atoms with E-state index in [1.165, 1.54) is 11.1 Å². The number of rotatable bonds is 3. The van der Waals surface area contributed by atoms with Gasteiger partial charge in [0.1, 0.15) is 17.3 Å². The average molecular weight is 385 g/mol. The minimum Gasteiger partial charge on any atom is -0.457 e. The van der Waals surface area contributed by atoms with Crippen molar-refractivity contribution in [2.24, 2.45) is 4.40 Å². The molecule has 0 saturated carbocycles. The van der Waals surface area contributed by atoms with E-state index in [4.69, 9.17) is 4.74 Å². The Morgan fingerprint density at radius 1 is 1.00 bits per heavy atom. The molecule has 2 aromatic carbocycles. The van der Waals surface area contributed by atoms with Gasteiger partial charge in [-0.05, 0) is 67.6 Å². The molecule has 0 N–H and O–H groups in total. The van der Waals surface area contributed by atoms with E-state index in [0.29, 0.717) is 12.4 Å². The fourth-order valence-electron chi connectivity index (χ4n) is 3.71. The molecule has 0 bridgehead atoms. The van der Waals surface area contributed by atoms with E-state index in [1.807, 2.05) is 36.4 Å². The quantitative estimate of drug-likeness (QED) is 0.802. The van der Waals surface area contributed by atoms with Crippen LogP contribution in [0.3, 0.4) is 0 Å². The SMILES string of the molecule is Cc1ccc(Oc2ccc([C@@H]3CCCN4CCS(=O)(=O)N=C34)cc2)cc1C. The summed E-state index contributed by atoms with van der Waals surface area (Å²) < 4.78 is 34.0. The Kier molecular flexibility index (Phi) is 4.68. The molecular weight excluding hydrogens is 360 g/mol. The molecule has 142 valence electrons. The van der Waals surface area contributed by atoms with Gasteiger partial charge < -0.3 is 9.64 Å². The number of hydrogen-bond donors (Lipinski definition) is 0. The molecule has 0 radical (unpaired) electrons. The smallest absolute Gasteiger partial charge is 0.256 e. The summed E-state index contributed by atoms with van der Waals surface area (Å²) in [5.74, 6) is 2.44. The number of aryl methyl sites for hydroxylation is 2. The predicted molar refractivity (Wildman–Crippen MR) is 107 cm³/mol. The molecule has 0 amide bonds. The standard InChI is InChI=1S/C21H24N2O3S/c1-15-5-8-19(14-16(15)2)26-18-9-6-17(7-10-18)20-4-3-11-23-12-13-27(24,25)22-21(20)23/h5-10,14,20H,3-4,11-13H2,1-2H3/t20-/m0/s1. The summed E-state index contributed by atoms with van der Waals surface area (Å²) in [4.78, 5) is 2.12. The highest BCUT2D eigenvalue weighted by atomic mass is 32.2. The first-order valence-corrected chi connectivity index (χ1v) is 10.9. The number of hydrogen-bond acceptors (Lipinski definition) is 4. The number of benzene rings is 2. The summed E-state index contributed by atoms with van der Waals surface area (Å²) in [6.07, 6.45) is 1.97. The van der Waals surface area contributed by atoms with Gasteiger partial charge in [-0.3, -0.25) is 0 Å². The highest BCUT2D eigenvalue weighted by Gasteiger charge is 2.33. The molecule has 1 atom stereocenters. The van der Waals surface area contributed by atoms with Crippen LogP contribution in [0.4, 0.5) is 0 Å². The Bertz CT molecular complexity index is 981. The van der Waals surface area contributed by atoms with E-state index in [-0.39, 0.29) is 11.7 Å². The zero-order valence-corrected chi connectivity index (χ0v) is 16.5. The van der Waals surface area contributed by atoms with Gasteiger partial charge in [-0.15, -0.1) is 4.40 Å². The molecule has 5 nitrogen and oxygen atoms in total. The Morgan fingerprint density at radius 3 is 2.48 bits per heavy atom. The highest BCUT2D eigenvalue weighted by Crippen LogP contribution is 2.33. The number of amidine groups is 1. The fourth-order valence-corrected chi connectivity index (χ4v) is 4.78. The number of fused-ring (bicyclic) bond motifs is 1. The maximum Gasteiger partial charge on any atom is 0.256 e. The minimum absolute atomic E-state index is 0.0319. The van der Waals surface area contributed by atoms with Crippen molar-refractivity contribution in [3.05, 3.63) is 59.2 Å². The van der Waals surface area contributed by atoms with Gasteiger partial charge in [-0.1, -0.05) is 18.2 Å². The van der Waals surface area contributed by atoms with Crippen LogP contribution in [0.5, 0.6) is 11.5 Å². The van der Waals surface area contributed by atoms with E-state index in [0.717, 1.165) is 36.4 Å². The van der Waals surface area contributed by atoms with Crippen LogP contribution >= 0.6 is 0 Å². The van der Waals surface area contributed by atoms with Gasteiger partial charge >= 0.3 is 0 Å². The van der Waals surface area contributed by atoms with Crippen molar-refractivity contribution in [3.8, 4) is 11.5 Å². The molecule has 27 heavy (non-hydrogen) atoms. The molecule has 2 aliphatic heterocycles. The first kappa shape index (κ1) is 18.0. The Balaban J connectivity index is 1.56. The van der Waals surface area contributed by atoms with Crippen LogP contribution in [0.25, 0.3) is 0 Å². The van der Waals surface area contributed by atoms with Crippen LogP contribution in [0.1, 0.15) is 35.4 Å². The van der Waals surface area contributed by atoms with E-state index >= 15 is 0 Å². The molecule has 2 aromatic rings. The van der Waals surface area contributed by atoms with Gasteiger partial charge in [0.15, 0.2) is 0 Å². The lowest BCUT2D eigenvalue weighted by Crippen LogP contribution is -2.46. The van der Waals surface area contributed by atoms with E-state index < -0.39 is 10.0 Å². The Labute approximate surface area is 160 Å². The number of nitrogens with zero attached hydrogens (tertiary/aromatic N) is 2. The van der Waals surface area contributed by atoms with Crippen molar-refractivity contribution < 1.29 is 13.2 Å². The van der Waals surface area contributed by atoms with Gasteiger partial charge in [0.05, 0.1) is 5.75 Å². The lowest BCUT2D eigenvalue weighted by Gasteiger charge is -2.37. The molecule has 4 rings (SSSR count). The van der Waals surface area contributed by atoms with Crippen molar-refractivity contribution in [3.63, 3.8) is 0 Å². The summed E-state index contributed by atoms with van der Waals surface area (Å²) >= 11 is 0. The minimum atomic E-state index is -3.33. The summed E-state index contributed by atoms with van der Waals surface area (Å²) in [6, 6.07) is 14.0. The molecule has 0 spiro atoms. The van der Waals surface area contributed by atoms with Crippen molar-refractivity contribution in [1.82, 2.24) is 4.90 Å². The average Bonchev–Trinajstić information content (AvgIpc) is 2.64. The molecule has 2 aliphatic rings. The van der Waals surface area contributed by atoms with Crippen molar-refractivity contribution in [1.29, 1.82) is 0 Å². The molecule has 6 heteroatoms. The van der Waals surface area contributed by atoms with Crippen molar-refractivity contribution >= 4 is 15.9 Å². The molecule has 0 unspecified atom stereocenters. The molecule has 0 aliphatic carbocycles. The van der Waals surface area contributed by atoms with Crippen LogP contribution in [-0.2, 0) is 10.0 Å². The number of ether oxygens (including phenoxy) is 1. The van der Waals surface area contributed by atoms with E-state index in [2.05, 4.69) is 29.2 Å². The van der Waals surface area contributed by atoms with Crippen molar-refractivity contribution in [2.45, 2.75) is 32.6 Å². The maximum absolute atomic E-state index is 12.0. The van der Waals surface area contributed by atoms with Gasteiger partial charge in [-0.25, -0.2) is 8.42 Å². The normalized spacial score (nSPS) is 21.3. The molecule has 1 fully saturated rings. The molecule has 1 saturated heterocycles. The first-order chi connectivity index (χ1) is 12.9. The second-order valence-corrected chi connectivity index (χ2v) is 9.09. The molecule has 2 heterocycles. The van der Waals surface area contributed by atoms with Gasteiger partial charge in [0, 0.05) is 19.0 Å². The van der Waals surface area contributed by atoms with Gasteiger partial charge in [-0.2, -0.15) is 0 Å². The summed E-state index contributed by atoms with van der Waals surface area (Å²) in [6.45, 7) is 5.58.